The van der Waals surface area contributed by atoms with Crippen molar-refractivity contribution in [1.82, 2.24) is 30.0 Å². The Kier molecular flexibility index (Phi) is 5.19. The topological polar surface area (TPSA) is 78.0 Å². The van der Waals surface area contributed by atoms with Crippen LogP contribution in [0.3, 0.4) is 0 Å². The molecule has 1 spiro atoms. The quantitative estimate of drug-likeness (QED) is 0.860. The molecule has 2 aromatic heterocycles. The molecule has 29 heavy (non-hydrogen) atoms. The Hall–Kier alpha value is -2.28. The van der Waals surface area contributed by atoms with E-state index in [1.807, 2.05) is 12.1 Å². The van der Waals surface area contributed by atoms with E-state index >= 15 is 0 Å². The van der Waals surface area contributed by atoms with Crippen molar-refractivity contribution >= 4 is 5.91 Å². The second-order valence-electron chi connectivity index (χ2n) is 9.42. The van der Waals surface area contributed by atoms with E-state index in [0.29, 0.717) is 5.92 Å². The summed E-state index contributed by atoms with van der Waals surface area (Å²) in [5.74, 6) is 2.30. The highest BCUT2D eigenvalue weighted by molar-refractivity contribution is 5.82. The van der Waals surface area contributed by atoms with E-state index in [2.05, 4.69) is 52.8 Å². The lowest BCUT2D eigenvalue weighted by Gasteiger charge is -2.44. The van der Waals surface area contributed by atoms with E-state index in [1.54, 1.807) is 12.4 Å². The number of aromatic nitrogens is 4. The van der Waals surface area contributed by atoms with Gasteiger partial charge in [-0.2, -0.15) is 5.10 Å². The molecule has 1 amide bonds. The zero-order valence-electron chi connectivity index (χ0n) is 18.0. The van der Waals surface area contributed by atoms with Gasteiger partial charge < -0.3 is 9.80 Å². The summed E-state index contributed by atoms with van der Waals surface area (Å²) < 4.78 is 0. The third-order valence-electron chi connectivity index (χ3n) is 7.10. The molecule has 1 N–H and O–H groups in total. The number of likely N-dealkylation sites (tertiary alicyclic amines) is 2. The molecule has 1 atom stereocenters. The third-order valence-corrected chi connectivity index (χ3v) is 7.10. The van der Waals surface area contributed by atoms with Crippen LogP contribution in [0.4, 0.5) is 0 Å². The number of carbonyl (C=O) groups is 1. The number of nitrogens with one attached hydrogen (secondary N) is 1. The van der Waals surface area contributed by atoms with Gasteiger partial charge in [0.1, 0.15) is 5.82 Å². The minimum atomic E-state index is -0.277. The maximum absolute atomic E-state index is 12.9. The number of carbonyl (C=O) groups excluding carboxylic acids is 1. The standard InChI is InChI=1S/C22H32N6O/c1-5-21(2,3)20(29)28-12-8-22(9-13-28)15-27(4)14-17(22)19-24-18(25-26-19)16-6-10-23-11-7-16/h6-7,10-11,17H,5,8-9,12-15H2,1-4H3,(H,24,25,26). The van der Waals surface area contributed by atoms with Gasteiger partial charge in [0.25, 0.3) is 0 Å². The lowest BCUT2D eigenvalue weighted by atomic mass is 9.70. The molecule has 4 rings (SSSR count). The summed E-state index contributed by atoms with van der Waals surface area (Å²) in [6.07, 6.45) is 6.42. The first-order valence-corrected chi connectivity index (χ1v) is 10.7. The number of piperidine rings is 1. The van der Waals surface area contributed by atoms with Crippen molar-refractivity contribution in [2.24, 2.45) is 10.8 Å². The van der Waals surface area contributed by atoms with Crippen molar-refractivity contribution in [1.29, 1.82) is 0 Å². The Balaban J connectivity index is 1.52. The summed E-state index contributed by atoms with van der Waals surface area (Å²) in [7, 11) is 2.18. The number of aromatic amines is 1. The van der Waals surface area contributed by atoms with E-state index in [9.17, 15) is 4.79 Å². The number of likely N-dealkylation sites (N-methyl/N-ethyl adjacent to an activating group) is 1. The van der Waals surface area contributed by atoms with Crippen molar-refractivity contribution in [3.05, 3.63) is 30.4 Å². The van der Waals surface area contributed by atoms with Gasteiger partial charge in [0.2, 0.25) is 5.91 Å². The Morgan fingerprint density at radius 1 is 1.28 bits per heavy atom. The number of pyridine rings is 1. The van der Waals surface area contributed by atoms with Gasteiger partial charge in [-0.3, -0.25) is 14.9 Å². The predicted molar refractivity (Wildman–Crippen MR) is 112 cm³/mol. The van der Waals surface area contributed by atoms with Crippen LogP contribution in [0.1, 0.15) is 51.8 Å². The number of hydrogen-bond donors (Lipinski definition) is 1. The molecule has 2 aliphatic heterocycles. The molecule has 0 radical (unpaired) electrons. The minimum absolute atomic E-state index is 0.150. The van der Waals surface area contributed by atoms with Crippen LogP contribution in [0.25, 0.3) is 11.4 Å². The highest BCUT2D eigenvalue weighted by atomic mass is 16.2. The molecule has 2 fully saturated rings. The van der Waals surface area contributed by atoms with E-state index in [1.165, 1.54) is 0 Å². The van der Waals surface area contributed by atoms with Crippen LogP contribution in [0.2, 0.25) is 0 Å². The summed E-state index contributed by atoms with van der Waals surface area (Å²) in [6, 6.07) is 3.87. The molecule has 7 nitrogen and oxygen atoms in total. The van der Waals surface area contributed by atoms with Gasteiger partial charge in [-0.25, -0.2) is 4.98 Å². The van der Waals surface area contributed by atoms with Gasteiger partial charge in [0.05, 0.1) is 0 Å². The molecular weight excluding hydrogens is 364 g/mol. The van der Waals surface area contributed by atoms with Gasteiger partial charge in [0.15, 0.2) is 5.82 Å². The normalized spacial score (nSPS) is 22.3. The Morgan fingerprint density at radius 3 is 2.62 bits per heavy atom. The molecule has 0 bridgehead atoms. The Bertz CT molecular complexity index is 853. The smallest absolute Gasteiger partial charge is 0.228 e. The number of H-pyrrole nitrogens is 1. The van der Waals surface area contributed by atoms with Crippen LogP contribution in [0.15, 0.2) is 24.5 Å². The molecule has 2 saturated heterocycles. The first-order valence-electron chi connectivity index (χ1n) is 10.7. The van der Waals surface area contributed by atoms with Crippen molar-refractivity contribution in [3.63, 3.8) is 0 Å². The van der Waals surface area contributed by atoms with E-state index in [0.717, 1.165) is 62.7 Å². The van der Waals surface area contributed by atoms with Crippen molar-refractivity contribution in [3.8, 4) is 11.4 Å². The van der Waals surface area contributed by atoms with Crippen LogP contribution >= 0.6 is 0 Å². The maximum Gasteiger partial charge on any atom is 0.228 e. The van der Waals surface area contributed by atoms with Gasteiger partial charge >= 0.3 is 0 Å². The second kappa shape index (κ2) is 7.52. The lowest BCUT2D eigenvalue weighted by Crippen LogP contribution is -2.49. The number of hydrogen-bond acceptors (Lipinski definition) is 5. The Labute approximate surface area is 172 Å². The monoisotopic (exact) mass is 396 g/mol. The highest BCUT2D eigenvalue weighted by Crippen LogP contribution is 2.49. The fraction of sp³-hybridized carbons (Fsp3) is 0.636. The fourth-order valence-corrected chi connectivity index (χ4v) is 4.90. The maximum atomic E-state index is 12.9. The second-order valence-corrected chi connectivity index (χ2v) is 9.42. The van der Waals surface area contributed by atoms with Crippen molar-refractivity contribution < 1.29 is 4.79 Å². The number of rotatable bonds is 4. The van der Waals surface area contributed by atoms with E-state index in [-0.39, 0.29) is 16.7 Å². The van der Waals surface area contributed by atoms with Crippen molar-refractivity contribution in [2.75, 3.05) is 33.2 Å². The zero-order valence-corrected chi connectivity index (χ0v) is 18.0. The summed E-state index contributed by atoms with van der Waals surface area (Å²) >= 11 is 0. The average molecular weight is 397 g/mol. The molecule has 0 saturated carbocycles. The van der Waals surface area contributed by atoms with Crippen molar-refractivity contribution in [2.45, 2.75) is 46.0 Å². The van der Waals surface area contributed by atoms with Gasteiger partial charge in [-0.15, -0.1) is 0 Å². The van der Waals surface area contributed by atoms with E-state index in [4.69, 9.17) is 4.98 Å². The first kappa shape index (κ1) is 20.0. The molecule has 156 valence electrons. The molecule has 4 heterocycles. The molecule has 1 unspecified atom stereocenters. The third kappa shape index (κ3) is 3.68. The SMILES string of the molecule is CCC(C)(C)C(=O)N1CCC2(CC1)CN(C)CC2c1nc(-c2ccncc2)n[nH]1. The average Bonchev–Trinajstić information content (AvgIpc) is 3.33. The zero-order chi connectivity index (χ0) is 20.6. The van der Waals surface area contributed by atoms with Gasteiger partial charge in [-0.05, 0) is 43.9 Å². The molecule has 2 aromatic rings. The van der Waals surface area contributed by atoms with Crippen LogP contribution < -0.4 is 0 Å². The summed E-state index contributed by atoms with van der Waals surface area (Å²) in [6.45, 7) is 9.88. The van der Waals surface area contributed by atoms with Gasteiger partial charge in [0, 0.05) is 55.5 Å². The van der Waals surface area contributed by atoms with E-state index < -0.39 is 0 Å². The lowest BCUT2D eigenvalue weighted by molar-refractivity contribution is -0.143. The van der Waals surface area contributed by atoms with Crippen LogP contribution in [0, 0.1) is 10.8 Å². The summed E-state index contributed by atoms with van der Waals surface area (Å²) in [5, 5.41) is 7.69. The predicted octanol–water partition coefficient (Wildman–Crippen LogP) is 2.94. The summed E-state index contributed by atoms with van der Waals surface area (Å²) in [5.41, 5.74) is 0.850. The van der Waals surface area contributed by atoms with Crippen LogP contribution in [-0.2, 0) is 4.79 Å². The fourth-order valence-electron chi connectivity index (χ4n) is 4.90. The van der Waals surface area contributed by atoms with Gasteiger partial charge in [-0.1, -0.05) is 20.8 Å². The number of amides is 1. The first-order chi connectivity index (χ1) is 13.8. The molecule has 0 aromatic carbocycles. The molecule has 2 aliphatic rings. The summed E-state index contributed by atoms with van der Waals surface area (Å²) in [4.78, 5) is 26.3. The highest BCUT2D eigenvalue weighted by Gasteiger charge is 2.50. The molecular formula is C22H32N6O. The largest absolute Gasteiger partial charge is 0.342 e. The Morgan fingerprint density at radius 2 is 1.97 bits per heavy atom. The molecule has 0 aliphatic carbocycles. The van der Waals surface area contributed by atoms with Crippen LogP contribution in [0.5, 0.6) is 0 Å². The number of nitrogens with zero attached hydrogens (tertiary/aromatic N) is 5. The van der Waals surface area contributed by atoms with Crippen LogP contribution in [-0.4, -0.2) is 69.1 Å². The molecule has 7 heteroatoms. The minimum Gasteiger partial charge on any atom is -0.342 e.